The van der Waals surface area contributed by atoms with Crippen molar-refractivity contribution in [3.8, 4) is 0 Å². The molecular weight excluding hydrogens is 188 g/mol. The van der Waals surface area contributed by atoms with Gasteiger partial charge in [-0.25, -0.2) is 0 Å². The number of benzene rings is 1. The Labute approximate surface area is 89.9 Å². The molecule has 1 aliphatic carbocycles. The first-order valence-corrected chi connectivity index (χ1v) is 5.49. The third-order valence-electron chi connectivity index (χ3n) is 3.32. The molecule has 0 heterocycles. The smallest absolute Gasteiger partial charge is 0.306 e. The number of carboxylic acids is 1. The first kappa shape index (κ1) is 10.2. The number of carboxylic acid groups (broad SMARTS) is 1. The molecule has 1 unspecified atom stereocenters. The Bertz CT molecular complexity index is 371. The molecule has 0 spiro atoms. The van der Waals surface area contributed by atoms with Crippen molar-refractivity contribution in [1.82, 2.24) is 0 Å². The van der Waals surface area contributed by atoms with E-state index in [1.165, 1.54) is 11.1 Å². The van der Waals surface area contributed by atoms with Crippen molar-refractivity contribution in [2.45, 2.75) is 32.1 Å². The summed E-state index contributed by atoms with van der Waals surface area (Å²) in [6.07, 6.45) is 2.98. The summed E-state index contributed by atoms with van der Waals surface area (Å²) < 4.78 is 0. The number of carbonyl (C=O) groups is 1. The van der Waals surface area contributed by atoms with Crippen molar-refractivity contribution >= 4 is 5.97 Å². The van der Waals surface area contributed by atoms with Gasteiger partial charge in [0.05, 0.1) is 5.92 Å². The highest BCUT2D eigenvalue weighted by atomic mass is 16.4. The lowest BCUT2D eigenvalue weighted by Gasteiger charge is -2.14. The third kappa shape index (κ3) is 2.04. The third-order valence-corrected chi connectivity index (χ3v) is 3.32. The number of aliphatic carboxylic acids is 1. The maximum Gasteiger partial charge on any atom is 0.306 e. The van der Waals surface area contributed by atoms with Crippen molar-refractivity contribution in [2.24, 2.45) is 5.92 Å². The lowest BCUT2D eigenvalue weighted by molar-refractivity contribution is -0.141. The predicted octanol–water partition coefficient (Wildman–Crippen LogP) is 2.83. The maximum absolute atomic E-state index is 10.8. The van der Waals surface area contributed by atoms with E-state index in [0.29, 0.717) is 5.92 Å². The van der Waals surface area contributed by atoms with Gasteiger partial charge in [0.1, 0.15) is 0 Å². The Hall–Kier alpha value is -1.31. The van der Waals surface area contributed by atoms with Crippen molar-refractivity contribution in [3.63, 3.8) is 0 Å². The minimum absolute atomic E-state index is 0.235. The lowest BCUT2D eigenvalue weighted by Crippen LogP contribution is -2.12. The van der Waals surface area contributed by atoms with Crippen molar-refractivity contribution < 1.29 is 9.90 Å². The topological polar surface area (TPSA) is 37.3 Å². The number of hydrogen-bond donors (Lipinski definition) is 1. The molecule has 0 aliphatic heterocycles. The summed E-state index contributed by atoms with van der Waals surface area (Å²) in [5.74, 6) is -0.465. The number of aryl methyl sites for hydroxylation is 1. The van der Waals surface area contributed by atoms with Gasteiger partial charge in [-0.05, 0) is 36.3 Å². The minimum atomic E-state index is -0.681. The van der Waals surface area contributed by atoms with E-state index in [0.717, 1.165) is 19.3 Å². The van der Waals surface area contributed by atoms with Crippen LogP contribution in [0, 0.1) is 5.92 Å². The van der Waals surface area contributed by atoms with E-state index in [4.69, 9.17) is 5.11 Å². The molecule has 0 saturated carbocycles. The van der Waals surface area contributed by atoms with E-state index in [2.05, 4.69) is 18.2 Å². The van der Waals surface area contributed by atoms with E-state index >= 15 is 0 Å². The van der Waals surface area contributed by atoms with Crippen LogP contribution in [0.5, 0.6) is 0 Å². The van der Waals surface area contributed by atoms with Crippen LogP contribution in [-0.2, 0) is 11.2 Å². The summed E-state index contributed by atoms with van der Waals surface area (Å²) in [4.78, 5) is 10.8. The molecular formula is C13H16O2. The zero-order valence-electron chi connectivity index (χ0n) is 8.94. The molecule has 0 aromatic heterocycles. The highest BCUT2D eigenvalue weighted by Gasteiger charge is 2.25. The summed E-state index contributed by atoms with van der Waals surface area (Å²) >= 11 is 0. The second kappa shape index (κ2) is 4.05. The monoisotopic (exact) mass is 204 g/mol. The zero-order valence-corrected chi connectivity index (χ0v) is 8.94. The molecule has 0 amide bonds. The van der Waals surface area contributed by atoms with E-state index in [1.807, 2.05) is 6.07 Å². The Morgan fingerprint density at radius 2 is 2.27 bits per heavy atom. The van der Waals surface area contributed by atoms with Gasteiger partial charge in [-0.15, -0.1) is 0 Å². The van der Waals surface area contributed by atoms with Crippen LogP contribution in [0.2, 0.25) is 0 Å². The molecule has 2 nitrogen and oxygen atoms in total. The minimum Gasteiger partial charge on any atom is -0.481 e. The summed E-state index contributed by atoms with van der Waals surface area (Å²) in [5, 5.41) is 8.89. The van der Waals surface area contributed by atoms with E-state index in [-0.39, 0.29) is 5.92 Å². The molecule has 1 N–H and O–H groups in total. The van der Waals surface area contributed by atoms with Crippen LogP contribution < -0.4 is 0 Å². The molecule has 0 saturated heterocycles. The van der Waals surface area contributed by atoms with Gasteiger partial charge >= 0.3 is 5.97 Å². The SMILES string of the molecule is C[C@H](CC1CCc2ccccc21)C(=O)O. The molecule has 1 aromatic rings. The first-order valence-electron chi connectivity index (χ1n) is 5.49. The zero-order chi connectivity index (χ0) is 10.8. The van der Waals surface area contributed by atoms with Crippen molar-refractivity contribution in [3.05, 3.63) is 35.4 Å². The lowest BCUT2D eigenvalue weighted by atomic mass is 9.91. The van der Waals surface area contributed by atoms with Gasteiger partial charge in [-0.2, -0.15) is 0 Å². The van der Waals surface area contributed by atoms with Gasteiger partial charge < -0.3 is 5.11 Å². The molecule has 15 heavy (non-hydrogen) atoms. The summed E-state index contributed by atoms with van der Waals surface area (Å²) in [7, 11) is 0. The largest absolute Gasteiger partial charge is 0.481 e. The average molecular weight is 204 g/mol. The van der Waals surface area contributed by atoms with Gasteiger partial charge in [-0.3, -0.25) is 4.79 Å². The first-order chi connectivity index (χ1) is 7.18. The quantitative estimate of drug-likeness (QED) is 0.822. The standard InChI is InChI=1S/C13H16O2/c1-9(13(14)15)8-11-7-6-10-4-2-3-5-12(10)11/h2-5,9,11H,6-8H2,1H3,(H,14,15)/t9-,11?/m1/s1. The van der Waals surface area contributed by atoms with Gasteiger partial charge in [0.25, 0.3) is 0 Å². The molecule has 0 bridgehead atoms. The van der Waals surface area contributed by atoms with E-state index in [9.17, 15) is 4.79 Å². The van der Waals surface area contributed by atoms with Crippen LogP contribution in [-0.4, -0.2) is 11.1 Å². The van der Waals surface area contributed by atoms with Crippen molar-refractivity contribution in [2.75, 3.05) is 0 Å². The van der Waals surface area contributed by atoms with Crippen LogP contribution in [0.4, 0.5) is 0 Å². The van der Waals surface area contributed by atoms with Crippen LogP contribution in [0.15, 0.2) is 24.3 Å². The normalized spacial score (nSPS) is 21.0. The molecule has 80 valence electrons. The molecule has 1 aromatic carbocycles. The predicted molar refractivity (Wildman–Crippen MR) is 58.9 cm³/mol. The molecule has 2 heteroatoms. The van der Waals surface area contributed by atoms with Crippen molar-refractivity contribution in [1.29, 1.82) is 0 Å². The maximum atomic E-state index is 10.8. The highest BCUT2D eigenvalue weighted by molar-refractivity contribution is 5.69. The molecule has 2 rings (SSSR count). The highest BCUT2D eigenvalue weighted by Crippen LogP contribution is 2.37. The fourth-order valence-electron chi connectivity index (χ4n) is 2.42. The Kier molecular flexibility index (Phi) is 2.76. The Morgan fingerprint density at radius 1 is 1.53 bits per heavy atom. The Balaban J connectivity index is 2.11. The molecule has 1 aliphatic rings. The van der Waals surface area contributed by atoms with E-state index < -0.39 is 5.97 Å². The van der Waals surface area contributed by atoms with Gasteiger partial charge in [0, 0.05) is 0 Å². The van der Waals surface area contributed by atoms with Gasteiger partial charge in [-0.1, -0.05) is 31.2 Å². The molecule has 2 atom stereocenters. The van der Waals surface area contributed by atoms with Crippen LogP contribution in [0.1, 0.15) is 36.8 Å². The number of fused-ring (bicyclic) bond motifs is 1. The van der Waals surface area contributed by atoms with Gasteiger partial charge in [0.15, 0.2) is 0 Å². The summed E-state index contributed by atoms with van der Waals surface area (Å²) in [6.45, 7) is 1.79. The second-order valence-corrected chi connectivity index (χ2v) is 4.41. The molecule has 0 fully saturated rings. The van der Waals surface area contributed by atoms with Crippen LogP contribution in [0.25, 0.3) is 0 Å². The van der Waals surface area contributed by atoms with E-state index in [1.54, 1.807) is 6.92 Å². The van der Waals surface area contributed by atoms with Crippen LogP contribution >= 0.6 is 0 Å². The van der Waals surface area contributed by atoms with Gasteiger partial charge in [0.2, 0.25) is 0 Å². The molecule has 0 radical (unpaired) electrons. The summed E-state index contributed by atoms with van der Waals surface area (Å²) in [5.41, 5.74) is 2.77. The fourth-order valence-corrected chi connectivity index (χ4v) is 2.42. The number of hydrogen-bond acceptors (Lipinski definition) is 1. The summed E-state index contributed by atoms with van der Waals surface area (Å²) in [6, 6.07) is 8.40. The fraction of sp³-hybridized carbons (Fsp3) is 0.462. The van der Waals surface area contributed by atoms with Crippen LogP contribution in [0.3, 0.4) is 0 Å². The number of rotatable bonds is 3. The average Bonchev–Trinajstić information content (AvgIpc) is 2.62. The second-order valence-electron chi connectivity index (χ2n) is 4.41. The Morgan fingerprint density at radius 3 is 3.00 bits per heavy atom.